The van der Waals surface area contributed by atoms with Gasteiger partial charge in [-0.3, -0.25) is 0 Å². The monoisotopic (exact) mass is 276 g/mol. The quantitative estimate of drug-likeness (QED) is 0.868. The van der Waals surface area contributed by atoms with Gasteiger partial charge < -0.3 is 5.11 Å². The summed E-state index contributed by atoms with van der Waals surface area (Å²) in [5, 5.41) is 10.8. The summed E-state index contributed by atoms with van der Waals surface area (Å²) in [5.74, 6) is 3.50. The van der Waals surface area contributed by atoms with Crippen LogP contribution in [-0.2, 0) is 0 Å². The first-order valence-electron chi connectivity index (χ1n) is 7.56. The van der Waals surface area contributed by atoms with Crippen molar-refractivity contribution in [1.29, 1.82) is 0 Å². The Labute approximate surface area is 120 Å². The van der Waals surface area contributed by atoms with Crippen molar-refractivity contribution in [3.63, 3.8) is 0 Å². The Morgan fingerprint density at radius 1 is 1.16 bits per heavy atom. The zero-order valence-electron chi connectivity index (χ0n) is 11.9. The van der Waals surface area contributed by atoms with Crippen molar-refractivity contribution in [3.8, 4) is 0 Å². The predicted molar refractivity (Wildman–Crippen MR) is 81.6 cm³/mol. The van der Waals surface area contributed by atoms with Crippen molar-refractivity contribution in [2.45, 2.75) is 50.0 Å². The second-order valence-electron chi connectivity index (χ2n) is 6.47. The van der Waals surface area contributed by atoms with Gasteiger partial charge in [0, 0.05) is 16.6 Å². The molecule has 1 N–H and O–H groups in total. The van der Waals surface area contributed by atoms with Crippen LogP contribution in [0.3, 0.4) is 0 Å². The van der Waals surface area contributed by atoms with Crippen molar-refractivity contribution < 1.29 is 5.11 Å². The number of aliphatic hydroxyl groups is 1. The molecule has 0 aromatic heterocycles. The molecule has 1 aliphatic heterocycles. The lowest BCUT2D eigenvalue weighted by Gasteiger charge is -2.36. The molecule has 5 atom stereocenters. The molecule has 0 amide bonds. The number of hydrogen-bond donors (Lipinski definition) is 1. The molecule has 2 heteroatoms. The van der Waals surface area contributed by atoms with E-state index in [-0.39, 0.29) is 6.10 Å². The second kappa shape index (κ2) is 5.49. The average Bonchev–Trinajstić information content (AvgIpc) is 2.85. The molecule has 1 aromatic rings. The minimum atomic E-state index is -0.147. The minimum absolute atomic E-state index is 0.147. The van der Waals surface area contributed by atoms with Gasteiger partial charge in [0.05, 0.1) is 6.10 Å². The molecule has 1 aromatic carbocycles. The van der Waals surface area contributed by atoms with E-state index in [1.165, 1.54) is 29.7 Å². The van der Waals surface area contributed by atoms with Gasteiger partial charge in [-0.2, -0.15) is 0 Å². The van der Waals surface area contributed by atoms with E-state index in [1.807, 2.05) is 11.8 Å². The van der Waals surface area contributed by atoms with E-state index in [1.54, 1.807) is 0 Å². The Balaban J connectivity index is 1.73. The van der Waals surface area contributed by atoms with Gasteiger partial charge in [0.25, 0.3) is 0 Å². The van der Waals surface area contributed by atoms with Gasteiger partial charge in [0.2, 0.25) is 0 Å². The van der Waals surface area contributed by atoms with Crippen LogP contribution >= 0.6 is 11.8 Å². The highest BCUT2D eigenvalue weighted by Crippen LogP contribution is 2.45. The van der Waals surface area contributed by atoms with Crippen LogP contribution in [0.5, 0.6) is 0 Å². The van der Waals surface area contributed by atoms with Gasteiger partial charge >= 0.3 is 0 Å². The van der Waals surface area contributed by atoms with E-state index in [4.69, 9.17) is 0 Å². The Morgan fingerprint density at radius 2 is 1.95 bits per heavy atom. The third-order valence-corrected chi connectivity index (χ3v) is 6.48. The summed E-state index contributed by atoms with van der Waals surface area (Å²) < 4.78 is 0. The van der Waals surface area contributed by atoms with E-state index in [9.17, 15) is 5.11 Å². The van der Waals surface area contributed by atoms with Crippen LogP contribution in [0.1, 0.15) is 44.6 Å². The van der Waals surface area contributed by atoms with Gasteiger partial charge in [-0.1, -0.05) is 38.5 Å². The van der Waals surface area contributed by atoms with Crippen LogP contribution in [0.2, 0.25) is 0 Å². The fraction of sp³-hybridized carbons (Fsp3) is 0.647. The number of thioether (sulfide) groups is 1. The Hall–Kier alpha value is -0.470. The standard InChI is InChI=1S/C17H24OS/c1-11-7-8-13(9-12(11)2)17(18)15-10-19-16-6-4-3-5-14(15)16/h3-6,11-13,15,17-18H,7-10H2,1-2H3. The topological polar surface area (TPSA) is 20.2 Å². The molecular weight excluding hydrogens is 252 g/mol. The zero-order valence-corrected chi connectivity index (χ0v) is 12.7. The maximum absolute atomic E-state index is 10.8. The fourth-order valence-electron chi connectivity index (χ4n) is 3.70. The van der Waals surface area contributed by atoms with Crippen molar-refractivity contribution >= 4 is 11.8 Å². The van der Waals surface area contributed by atoms with Crippen LogP contribution in [0.15, 0.2) is 29.2 Å². The molecular formula is C17H24OS. The lowest BCUT2D eigenvalue weighted by atomic mass is 9.71. The van der Waals surface area contributed by atoms with Crippen LogP contribution in [0.25, 0.3) is 0 Å². The van der Waals surface area contributed by atoms with Crippen molar-refractivity contribution in [3.05, 3.63) is 29.8 Å². The molecule has 1 nitrogen and oxygen atoms in total. The molecule has 1 saturated carbocycles. The SMILES string of the molecule is CC1CCC(C(O)C2CSc3ccccc32)CC1C. The van der Waals surface area contributed by atoms with E-state index in [0.717, 1.165) is 17.6 Å². The van der Waals surface area contributed by atoms with Crippen molar-refractivity contribution in [2.24, 2.45) is 17.8 Å². The van der Waals surface area contributed by atoms with E-state index in [2.05, 4.69) is 38.1 Å². The van der Waals surface area contributed by atoms with Crippen LogP contribution in [-0.4, -0.2) is 17.0 Å². The summed E-state index contributed by atoms with van der Waals surface area (Å²) in [6, 6.07) is 8.61. The highest BCUT2D eigenvalue weighted by molar-refractivity contribution is 7.99. The summed E-state index contributed by atoms with van der Waals surface area (Å²) in [5.41, 5.74) is 1.38. The smallest absolute Gasteiger partial charge is 0.0645 e. The number of benzene rings is 1. The number of hydrogen-bond acceptors (Lipinski definition) is 2. The zero-order chi connectivity index (χ0) is 13.4. The molecule has 0 bridgehead atoms. The summed E-state index contributed by atoms with van der Waals surface area (Å²) in [6.45, 7) is 4.70. The number of aliphatic hydroxyl groups excluding tert-OH is 1. The molecule has 5 unspecified atom stereocenters. The van der Waals surface area contributed by atoms with Gasteiger partial charge in [0.1, 0.15) is 0 Å². The third-order valence-electron chi connectivity index (χ3n) is 5.27. The molecule has 1 fully saturated rings. The Kier molecular flexibility index (Phi) is 3.91. The summed E-state index contributed by atoms with van der Waals surface area (Å²) in [7, 11) is 0. The molecule has 0 saturated heterocycles. The normalized spacial score (nSPS) is 35.9. The largest absolute Gasteiger partial charge is 0.392 e. The van der Waals surface area contributed by atoms with Crippen molar-refractivity contribution in [2.75, 3.05) is 5.75 Å². The highest BCUT2D eigenvalue weighted by atomic mass is 32.2. The van der Waals surface area contributed by atoms with Gasteiger partial charge in [-0.05, 0) is 42.2 Å². The average molecular weight is 276 g/mol. The summed E-state index contributed by atoms with van der Waals surface area (Å²) >= 11 is 1.91. The molecule has 104 valence electrons. The van der Waals surface area contributed by atoms with E-state index in [0.29, 0.717) is 11.8 Å². The van der Waals surface area contributed by atoms with Crippen LogP contribution in [0, 0.1) is 17.8 Å². The molecule has 19 heavy (non-hydrogen) atoms. The van der Waals surface area contributed by atoms with E-state index >= 15 is 0 Å². The van der Waals surface area contributed by atoms with Crippen LogP contribution in [0.4, 0.5) is 0 Å². The lowest BCUT2D eigenvalue weighted by Crippen LogP contribution is -2.33. The summed E-state index contributed by atoms with van der Waals surface area (Å²) in [4.78, 5) is 1.38. The first kappa shape index (κ1) is 13.5. The second-order valence-corrected chi connectivity index (χ2v) is 7.54. The number of fused-ring (bicyclic) bond motifs is 1. The molecule has 0 spiro atoms. The first-order chi connectivity index (χ1) is 9.16. The van der Waals surface area contributed by atoms with Gasteiger partial charge in [-0.15, -0.1) is 11.8 Å². The minimum Gasteiger partial charge on any atom is -0.392 e. The molecule has 1 heterocycles. The highest BCUT2D eigenvalue weighted by Gasteiger charge is 2.36. The fourth-order valence-corrected chi connectivity index (χ4v) is 4.99. The molecule has 1 aliphatic carbocycles. The maximum Gasteiger partial charge on any atom is 0.0645 e. The first-order valence-corrected chi connectivity index (χ1v) is 8.55. The van der Waals surface area contributed by atoms with E-state index < -0.39 is 0 Å². The summed E-state index contributed by atoms with van der Waals surface area (Å²) in [6.07, 6.45) is 3.54. The maximum atomic E-state index is 10.8. The molecule has 3 rings (SSSR count). The molecule has 2 aliphatic rings. The van der Waals surface area contributed by atoms with Crippen LogP contribution < -0.4 is 0 Å². The third kappa shape index (κ3) is 2.57. The Bertz CT molecular complexity index is 445. The Morgan fingerprint density at radius 3 is 2.74 bits per heavy atom. The van der Waals surface area contributed by atoms with Gasteiger partial charge in [-0.25, -0.2) is 0 Å². The van der Waals surface area contributed by atoms with Gasteiger partial charge in [0.15, 0.2) is 0 Å². The predicted octanol–water partition coefficient (Wildman–Crippen LogP) is 4.31. The van der Waals surface area contributed by atoms with Crippen molar-refractivity contribution in [1.82, 2.24) is 0 Å². The molecule has 0 radical (unpaired) electrons. The lowest BCUT2D eigenvalue weighted by molar-refractivity contribution is 0.0421. The number of rotatable bonds is 2.